The van der Waals surface area contributed by atoms with Gasteiger partial charge in [-0.1, -0.05) is 0 Å². The highest BCUT2D eigenvalue weighted by molar-refractivity contribution is 7.89. The number of rotatable bonds is 4. The zero-order valence-corrected chi connectivity index (χ0v) is 13.1. The molecule has 2 rings (SSSR count). The van der Waals surface area contributed by atoms with Gasteiger partial charge in [0, 0.05) is 19.7 Å². The SMILES string of the molecule is Cc1nn(C)c(C)c1S(=O)(=O)NC1CCC(CO)CC1. The minimum absolute atomic E-state index is 0.0400. The lowest BCUT2D eigenvalue weighted by Gasteiger charge is -2.27. The highest BCUT2D eigenvalue weighted by Crippen LogP contribution is 2.26. The molecule has 1 heterocycles. The van der Waals surface area contributed by atoms with Crippen molar-refractivity contribution in [2.45, 2.75) is 50.5 Å². The third-order valence-corrected chi connectivity index (χ3v) is 5.91. The Morgan fingerprint density at radius 1 is 1.30 bits per heavy atom. The molecule has 0 bridgehead atoms. The Bertz CT molecular complexity index is 572. The van der Waals surface area contributed by atoms with Gasteiger partial charge in [0.2, 0.25) is 10.0 Å². The van der Waals surface area contributed by atoms with Gasteiger partial charge in [-0.3, -0.25) is 4.68 Å². The molecule has 0 atom stereocenters. The first kappa shape index (κ1) is 15.5. The summed E-state index contributed by atoms with van der Waals surface area (Å²) in [5.74, 6) is 0.317. The fraction of sp³-hybridized carbons (Fsp3) is 0.769. The van der Waals surface area contributed by atoms with Gasteiger partial charge in [0.1, 0.15) is 4.90 Å². The number of aromatic nitrogens is 2. The number of aryl methyl sites for hydroxylation is 2. The maximum atomic E-state index is 12.5. The number of hydrogen-bond acceptors (Lipinski definition) is 4. The third-order valence-electron chi connectivity index (χ3n) is 4.14. The summed E-state index contributed by atoms with van der Waals surface area (Å²) in [6.45, 7) is 3.67. The molecular formula is C13H23N3O3S. The molecule has 20 heavy (non-hydrogen) atoms. The Labute approximate surface area is 120 Å². The lowest BCUT2D eigenvalue weighted by Crippen LogP contribution is -2.38. The van der Waals surface area contributed by atoms with Crippen LogP contribution in [0.15, 0.2) is 4.90 Å². The fourth-order valence-corrected chi connectivity index (χ4v) is 4.63. The summed E-state index contributed by atoms with van der Waals surface area (Å²) >= 11 is 0. The second-order valence-electron chi connectivity index (χ2n) is 5.65. The zero-order chi connectivity index (χ0) is 14.9. The molecule has 0 aliphatic heterocycles. The van der Waals surface area contributed by atoms with Gasteiger partial charge >= 0.3 is 0 Å². The van der Waals surface area contributed by atoms with Gasteiger partial charge in [-0.25, -0.2) is 13.1 Å². The highest BCUT2D eigenvalue weighted by atomic mass is 32.2. The van der Waals surface area contributed by atoms with E-state index in [2.05, 4.69) is 9.82 Å². The molecule has 6 nitrogen and oxygen atoms in total. The van der Waals surface area contributed by atoms with Crippen LogP contribution in [0.3, 0.4) is 0 Å². The number of sulfonamides is 1. The lowest BCUT2D eigenvalue weighted by molar-refractivity contribution is 0.180. The first-order valence-electron chi connectivity index (χ1n) is 6.98. The Hall–Kier alpha value is -0.920. The fourth-order valence-electron chi connectivity index (χ4n) is 2.88. The molecular weight excluding hydrogens is 278 g/mol. The second kappa shape index (κ2) is 5.83. The largest absolute Gasteiger partial charge is 0.396 e. The van der Waals surface area contributed by atoms with Crippen molar-refractivity contribution in [3.63, 3.8) is 0 Å². The number of aliphatic hydroxyl groups excluding tert-OH is 1. The van der Waals surface area contributed by atoms with E-state index in [0.717, 1.165) is 25.7 Å². The molecule has 0 amide bonds. The first-order chi connectivity index (χ1) is 9.35. The summed E-state index contributed by atoms with van der Waals surface area (Å²) in [6.07, 6.45) is 3.30. The van der Waals surface area contributed by atoms with Gasteiger partial charge in [-0.05, 0) is 45.4 Å². The van der Waals surface area contributed by atoms with Gasteiger partial charge in [0.25, 0.3) is 0 Å². The van der Waals surface area contributed by atoms with E-state index in [4.69, 9.17) is 5.11 Å². The van der Waals surface area contributed by atoms with E-state index in [1.165, 1.54) is 0 Å². The molecule has 0 spiro atoms. The van der Waals surface area contributed by atoms with Crippen LogP contribution in [0.25, 0.3) is 0 Å². The van der Waals surface area contributed by atoms with Gasteiger partial charge in [-0.2, -0.15) is 5.10 Å². The molecule has 1 saturated carbocycles. The molecule has 0 aromatic carbocycles. The van der Waals surface area contributed by atoms with Crippen LogP contribution >= 0.6 is 0 Å². The Morgan fingerprint density at radius 2 is 1.90 bits per heavy atom. The molecule has 0 unspecified atom stereocenters. The Balaban J connectivity index is 2.12. The van der Waals surface area contributed by atoms with Gasteiger partial charge < -0.3 is 5.11 Å². The average molecular weight is 301 g/mol. The number of hydrogen-bond donors (Lipinski definition) is 2. The molecule has 1 aromatic rings. The highest BCUT2D eigenvalue weighted by Gasteiger charge is 2.29. The van der Waals surface area contributed by atoms with Crippen molar-refractivity contribution in [3.05, 3.63) is 11.4 Å². The summed E-state index contributed by atoms with van der Waals surface area (Å²) in [6, 6.07) is -0.0400. The number of nitrogens with one attached hydrogen (secondary N) is 1. The molecule has 1 aliphatic rings. The molecule has 2 N–H and O–H groups in total. The van der Waals surface area contributed by atoms with Crippen LogP contribution in [-0.4, -0.2) is 36.0 Å². The molecule has 1 fully saturated rings. The predicted molar refractivity (Wildman–Crippen MR) is 75.8 cm³/mol. The monoisotopic (exact) mass is 301 g/mol. The van der Waals surface area contributed by atoms with Crippen LogP contribution in [0.1, 0.15) is 37.1 Å². The quantitative estimate of drug-likeness (QED) is 0.864. The van der Waals surface area contributed by atoms with E-state index in [1.54, 1.807) is 25.6 Å². The van der Waals surface area contributed by atoms with Crippen LogP contribution in [0.4, 0.5) is 0 Å². The maximum absolute atomic E-state index is 12.5. The molecule has 1 aromatic heterocycles. The van der Waals surface area contributed by atoms with Crippen molar-refractivity contribution in [1.82, 2.24) is 14.5 Å². The van der Waals surface area contributed by atoms with Crippen molar-refractivity contribution in [3.8, 4) is 0 Å². The standard InChI is InChI=1S/C13H23N3O3S/c1-9-13(10(2)16(3)14-9)20(18,19)15-12-6-4-11(8-17)5-7-12/h11-12,15,17H,4-8H2,1-3H3. The van der Waals surface area contributed by atoms with E-state index in [0.29, 0.717) is 22.2 Å². The van der Waals surface area contributed by atoms with Crippen LogP contribution in [-0.2, 0) is 17.1 Å². The topological polar surface area (TPSA) is 84.2 Å². The summed E-state index contributed by atoms with van der Waals surface area (Å²) in [7, 11) is -1.78. The number of aliphatic hydroxyl groups is 1. The molecule has 7 heteroatoms. The molecule has 114 valence electrons. The van der Waals surface area contributed by atoms with Crippen LogP contribution in [0.5, 0.6) is 0 Å². The molecule has 1 aliphatic carbocycles. The normalized spacial score (nSPS) is 24.0. The third kappa shape index (κ3) is 3.05. The summed E-state index contributed by atoms with van der Waals surface area (Å²) < 4.78 is 29.4. The van der Waals surface area contributed by atoms with Crippen molar-refractivity contribution in [1.29, 1.82) is 0 Å². The van der Waals surface area contributed by atoms with Crippen molar-refractivity contribution >= 4 is 10.0 Å². The minimum atomic E-state index is -3.52. The Kier molecular flexibility index (Phi) is 4.51. The van der Waals surface area contributed by atoms with E-state index in [1.807, 2.05) is 0 Å². The average Bonchev–Trinajstić information content (AvgIpc) is 2.64. The Morgan fingerprint density at radius 3 is 2.35 bits per heavy atom. The van der Waals surface area contributed by atoms with Crippen LogP contribution in [0, 0.1) is 19.8 Å². The van der Waals surface area contributed by atoms with E-state index >= 15 is 0 Å². The van der Waals surface area contributed by atoms with Crippen molar-refractivity contribution in [2.24, 2.45) is 13.0 Å². The van der Waals surface area contributed by atoms with E-state index in [-0.39, 0.29) is 12.6 Å². The smallest absolute Gasteiger partial charge is 0.244 e. The van der Waals surface area contributed by atoms with Gasteiger partial charge in [-0.15, -0.1) is 0 Å². The van der Waals surface area contributed by atoms with Crippen molar-refractivity contribution in [2.75, 3.05) is 6.61 Å². The zero-order valence-electron chi connectivity index (χ0n) is 12.3. The van der Waals surface area contributed by atoms with Crippen molar-refractivity contribution < 1.29 is 13.5 Å². The number of nitrogens with zero attached hydrogens (tertiary/aromatic N) is 2. The van der Waals surface area contributed by atoms with Crippen LogP contribution in [0.2, 0.25) is 0 Å². The minimum Gasteiger partial charge on any atom is -0.396 e. The second-order valence-corrected chi connectivity index (χ2v) is 7.30. The van der Waals surface area contributed by atoms with Gasteiger partial charge in [0.05, 0.1) is 11.4 Å². The lowest BCUT2D eigenvalue weighted by atomic mass is 9.87. The molecule has 0 radical (unpaired) electrons. The van der Waals surface area contributed by atoms with E-state index in [9.17, 15) is 8.42 Å². The maximum Gasteiger partial charge on any atom is 0.244 e. The van der Waals surface area contributed by atoms with Gasteiger partial charge in [0.15, 0.2) is 0 Å². The summed E-state index contributed by atoms with van der Waals surface area (Å²) in [5.41, 5.74) is 1.18. The van der Waals surface area contributed by atoms with Crippen LogP contribution < -0.4 is 4.72 Å². The predicted octanol–water partition coefficient (Wildman–Crippen LogP) is 0.866. The summed E-state index contributed by atoms with van der Waals surface area (Å²) in [5, 5.41) is 13.3. The summed E-state index contributed by atoms with van der Waals surface area (Å²) in [4.78, 5) is 0.296. The first-order valence-corrected chi connectivity index (χ1v) is 8.47. The molecule has 0 saturated heterocycles. The van der Waals surface area contributed by atoms with E-state index < -0.39 is 10.0 Å².